The van der Waals surface area contributed by atoms with Gasteiger partial charge >= 0.3 is 11.8 Å². The van der Waals surface area contributed by atoms with Crippen molar-refractivity contribution in [2.45, 2.75) is 6.92 Å². The number of nitrogens with one attached hydrogen (secondary N) is 3. The van der Waals surface area contributed by atoms with E-state index in [0.717, 1.165) is 5.56 Å². The zero-order valence-corrected chi connectivity index (χ0v) is 19.5. The van der Waals surface area contributed by atoms with E-state index in [1.54, 1.807) is 54.6 Å². The second kappa shape index (κ2) is 11.8. The quantitative estimate of drug-likeness (QED) is 0.254. The van der Waals surface area contributed by atoms with Crippen molar-refractivity contribution in [2.75, 3.05) is 17.2 Å². The van der Waals surface area contributed by atoms with E-state index in [9.17, 15) is 14.4 Å². The summed E-state index contributed by atoms with van der Waals surface area (Å²) in [4.78, 5) is 36.3. The molecule has 0 saturated heterocycles. The number of ether oxygens (including phenoxy) is 1. The smallest absolute Gasteiger partial charge is 0.329 e. The standard InChI is InChI=1S/C24H20Cl2N4O4/c1-15-6-2-4-8-20(15)29-23(32)24(33)30-27-13-16-7-3-5-9-21(16)34-14-22(31)28-19-11-17(25)10-18(26)12-19/h2-13H,14H2,1H3,(H,28,31)(H,29,32)(H,30,33)/b27-13-. The number of hydrogen-bond acceptors (Lipinski definition) is 5. The number of anilines is 2. The third-order valence-corrected chi connectivity index (χ3v) is 4.83. The van der Waals surface area contributed by atoms with Gasteiger partial charge in [-0.05, 0) is 48.9 Å². The maximum absolute atomic E-state index is 12.2. The van der Waals surface area contributed by atoms with E-state index in [-0.39, 0.29) is 6.61 Å². The topological polar surface area (TPSA) is 109 Å². The summed E-state index contributed by atoms with van der Waals surface area (Å²) < 4.78 is 5.57. The maximum atomic E-state index is 12.2. The molecule has 0 aliphatic heterocycles. The van der Waals surface area contributed by atoms with Crippen LogP contribution in [-0.4, -0.2) is 30.5 Å². The Hall–Kier alpha value is -3.88. The molecule has 34 heavy (non-hydrogen) atoms. The van der Waals surface area contributed by atoms with Crippen LogP contribution in [0.15, 0.2) is 71.8 Å². The Morgan fingerprint density at radius 1 is 0.912 bits per heavy atom. The number of carbonyl (C=O) groups is 3. The molecule has 0 spiro atoms. The van der Waals surface area contributed by atoms with Crippen LogP contribution in [0, 0.1) is 6.92 Å². The first-order valence-corrected chi connectivity index (χ1v) is 10.7. The normalized spacial score (nSPS) is 10.6. The molecule has 0 bridgehead atoms. The monoisotopic (exact) mass is 498 g/mol. The summed E-state index contributed by atoms with van der Waals surface area (Å²) in [5.74, 6) is -1.86. The van der Waals surface area contributed by atoms with Crippen molar-refractivity contribution in [1.82, 2.24) is 5.43 Å². The maximum Gasteiger partial charge on any atom is 0.329 e. The molecular weight excluding hydrogens is 479 g/mol. The molecule has 3 aromatic rings. The highest BCUT2D eigenvalue weighted by Crippen LogP contribution is 2.22. The lowest BCUT2D eigenvalue weighted by molar-refractivity contribution is -0.136. The van der Waals surface area contributed by atoms with Gasteiger partial charge in [0.2, 0.25) is 0 Å². The SMILES string of the molecule is Cc1ccccc1NC(=O)C(=O)N/N=C\c1ccccc1OCC(=O)Nc1cc(Cl)cc(Cl)c1. The molecular formula is C24H20Cl2N4O4. The first-order valence-electron chi connectivity index (χ1n) is 9.99. The van der Waals surface area contributed by atoms with E-state index < -0.39 is 17.7 Å². The Morgan fingerprint density at radius 2 is 1.59 bits per heavy atom. The summed E-state index contributed by atoms with van der Waals surface area (Å²) in [6.45, 7) is 1.52. The molecule has 174 valence electrons. The number of hydrazone groups is 1. The van der Waals surface area contributed by atoms with Gasteiger partial charge in [-0.15, -0.1) is 0 Å². The van der Waals surface area contributed by atoms with Gasteiger partial charge in [-0.3, -0.25) is 14.4 Å². The summed E-state index contributed by atoms with van der Waals surface area (Å²) in [7, 11) is 0. The average Bonchev–Trinajstić information content (AvgIpc) is 2.79. The minimum absolute atomic E-state index is 0.291. The molecule has 8 nitrogen and oxygen atoms in total. The van der Waals surface area contributed by atoms with Gasteiger partial charge in [-0.25, -0.2) is 5.43 Å². The molecule has 0 saturated carbocycles. The van der Waals surface area contributed by atoms with E-state index in [0.29, 0.717) is 32.7 Å². The Kier molecular flexibility index (Phi) is 8.61. The lowest BCUT2D eigenvalue weighted by atomic mass is 10.2. The zero-order chi connectivity index (χ0) is 24.5. The molecule has 0 heterocycles. The van der Waals surface area contributed by atoms with Gasteiger partial charge in [0.25, 0.3) is 5.91 Å². The molecule has 0 atom stereocenters. The zero-order valence-electron chi connectivity index (χ0n) is 18.0. The number of para-hydroxylation sites is 2. The third-order valence-electron chi connectivity index (χ3n) is 4.39. The Morgan fingerprint density at radius 3 is 2.32 bits per heavy atom. The van der Waals surface area contributed by atoms with E-state index in [1.807, 2.05) is 19.1 Å². The van der Waals surface area contributed by atoms with Crippen molar-refractivity contribution in [3.05, 3.63) is 87.9 Å². The molecule has 3 aromatic carbocycles. The van der Waals surface area contributed by atoms with Crippen LogP contribution in [0.3, 0.4) is 0 Å². The molecule has 3 rings (SSSR count). The van der Waals surface area contributed by atoms with Gasteiger partial charge in [0.1, 0.15) is 5.75 Å². The van der Waals surface area contributed by atoms with Crippen LogP contribution in [-0.2, 0) is 14.4 Å². The lowest BCUT2D eigenvalue weighted by Crippen LogP contribution is -2.32. The van der Waals surface area contributed by atoms with Crippen molar-refractivity contribution >= 4 is 58.5 Å². The van der Waals surface area contributed by atoms with Gasteiger partial charge in [-0.2, -0.15) is 5.10 Å². The van der Waals surface area contributed by atoms with Gasteiger partial charge in [0, 0.05) is 27.0 Å². The summed E-state index contributed by atoms with van der Waals surface area (Å²) in [5.41, 5.74) is 4.44. The van der Waals surface area contributed by atoms with Crippen LogP contribution < -0.4 is 20.8 Å². The predicted octanol–water partition coefficient (Wildman–Crippen LogP) is 4.41. The fraction of sp³-hybridized carbons (Fsp3) is 0.0833. The van der Waals surface area contributed by atoms with Crippen molar-refractivity contribution in [1.29, 1.82) is 0 Å². The largest absolute Gasteiger partial charge is 0.483 e. The lowest BCUT2D eigenvalue weighted by Gasteiger charge is -2.10. The predicted molar refractivity (Wildman–Crippen MR) is 133 cm³/mol. The number of halogens is 2. The van der Waals surface area contributed by atoms with Gasteiger partial charge in [0.05, 0.1) is 6.21 Å². The molecule has 0 fully saturated rings. The first kappa shape index (κ1) is 24.8. The van der Waals surface area contributed by atoms with Crippen LogP contribution in [0.1, 0.15) is 11.1 Å². The van der Waals surface area contributed by atoms with Gasteiger partial charge < -0.3 is 15.4 Å². The second-order valence-electron chi connectivity index (χ2n) is 7.00. The van der Waals surface area contributed by atoms with Gasteiger partial charge in [0.15, 0.2) is 6.61 Å². The minimum atomic E-state index is -0.933. The van der Waals surface area contributed by atoms with Gasteiger partial charge in [-0.1, -0.05) is 53.5 Å². The number of hydrogen-bond donors (Lipinski definition) is 3. The minimum Gasteiger partial charge on any atom is -0.483 e. The van der Waals surface area contributed by atoms with Crippen LogP contribution in [0.4, 0.5) is 11.4 Å². The number of amides is 3. The molecule has 0 aliphatic rings. The second-order valence-corrected chi connectivity index (χ2v) is 7.87. The molecule has 0 aromatic heterocycles. The summed E-state index contributed by atoms with van der Waals surface area (Å²) in [6, 6.07) is 18.5. The van der Waals surface area contributed by atoms with E-state index in [1.165, 1.54) is 6.21 Å². The highest BCUT2D eigenvalue weighted by atomic mass is 35.5. The van der Waals surface area contributed by atoms with Crippen molar-refractivity contribution in [2.24, 2.45) is 5.10 Å². The fourth-order valence-corrected chi connectivity index (χ4v) is 3.31. The van der Waals surface area contributed by atoms with Crippen LogP contribution in [0.25, 0.3) is 0 Å². The molecule has 0 unspecified atom stereocenters. The highest BCUT2D eigenvalue weighted by Gasteiger charge is 2.14. The number of nitrogens with zero attached hydrogens (tertiary/aromatic N) is 1. The number of aryl methyl sites for hydroxylation is 1. The first-order chi connectivity index (χ1) is 16.3. The summed E-state index contributed by atoms with van der Waals surface area (Å²) in [6.07, 6.45) is 1.31. The average molecular weight is 499 g/mol. The van der Waals surface area contributed by atoms with Crippen LogP contribution >= 0.6 is 23.2 Å². The fourth-order valence-electron chi connectivity index (χ4n) is 2.79. The van der Waals surface area contributed by atoms with Crippen molar-refractivity contribution < 1.29 is 19.1 Å². The number of carbonyl (C=O) groups excluding carboxylic acids is 3. The Bertz CT molecular complexity index is 1230. The number of benzene rings is 3. The summed E-state index contributed by atoms with van der Waals surface area (Å²) >= 11 is 11.9. The third kappa shape index (κ3) is 7.33. The van der Waals surface area contributed by atoms with Crippen molar-refractivity contribution in [3.8, 4) is 5.75 Å². The highest BCUT2D eigenvalue weighted by molar-refractivity contribution is 6.39. The van der Waals surface area contributed by atoms with Crippen molar-refractivity contribution in [3.63, 3.8) is 0 Å². The van der Waals surface area contributed by atoms with E-state index >= 15 is 0 Å². The molecule has 0 aliphatic carbocycles. The molecule has 0 radical (unpaired) electrons. The van der Waals surface area contributed by atoms with Crippen LogP contribution in [0.2, 0.25) is 10.0 Å². The van der Waals surface area contributed by atoms with E-state index in [4.69, 9.17) is 27.9 Å². The summed E-state index contributed by atoms with van der Waals surface area (Å²) in [5, 5.41) is 9.74. The molecule has 10 heteroatoms. The van der Waals surface area contributed by atoms with E-state index in [2.05, 4.69) is 21.2 Å². The van der Waals surface area contributed by atoms with Crippen LogP contribution in [0.5, 0.6) is 5.75 Å². The Balaban J connectivity index is 1.55. The molecule has 3 amide bonds. The number of rotatable bonds is 7. The Labute approximate surface area is 205 Å². The molecule has 3 N–H and O–H groups in total.